The van der Waals surface area contributed by atoms with Crippen molar-refractivity contribution in [3.63, 3.8) is 0 Å². The van der Waals surface area contributed by atoms with E-state index in [1.54, 1.807) is 4.57 Å². The van der Waals surface area contributed by atoms with Gasteiger partial charge in [0.25, 0.3) is 5.56 Å². The predicted octanol–water partition coefficient (Wildman–Crippen LogP) is 3.67. The van der Waals surface area contributed by atoms with Crippen LogP contribution >= 0.6 is 12.2 Å². The summed E-state index contributed by atoms with van der Waals surface area (Å²) in [5.41, 5.74) is 1.78. The minimum absolute atomic E-state index is 0.0549. The SMILES string of the molecule is C[C@H](c1ccccc1)n1c(=S)[nH]c2ccccc2c1=O. The quantitative estimate of drug-likeness (QED) is 0.728. The Morgan fingerprint density at radius 3 is 2.45 bits per heavy atom. The molecule has 1 atom stereocenters. The fourth-order valence-electron chi connectivity index (χ4n) is 2.41. The standard InChI is InChI=1S/C16H14N2OS/c1-11(12-7-3-2-4-8-12)18-15(19)13-9-5-6-10-14(13)17-16(18)20/h2-11H,1H3,(H,17,20)/t11-/m1/s1. The number of rotatable bonds is 2. The van der Waals surface area contributed by atoms with Crippen molar-refractivity contribution in [2.75, 3.05) is 0 Å². The number of aromatic amines is 1. The predicted molar refractivity (Wildman–Crippen MR) is 83.6 cm³/mol. The molecule has 4 heteroatoms. The summed E-state index contributed by atoms with van der Waals surface area (Å²) in [6, 6.07) is 17.2. The lowest BCUT2D eigenvalue weighted by atomic mass is 10.1. The van der Waals surface area contributed by atoms with Crippen LogP contribution in [-0.4, -0.2) is 9.55 Å². The van der Waals surface area contributed by atoms with Gasteiger partial charge in [-0.1, -0.05) is 42.5 Å². The number of hydrogen-bond donors (Lipinski definition) is 1. The summed E-state index contributed by atoms with van der Waals surface area (Å²) in [5, 5.41) is 0.656. The Kier molecular flexibility index (Phi) is 3.24. The van der Waals surface area contributed by atoms with Gasteiger partial charge in [0.1, 0.15) is 0 Å². The molecule has 0 aliphatic heterocycles. The van der Waals surface area contributed by atoms with Gasteiger partial charge in [0.15, 0.2) is 4.77 Å². The topological polar surface area (TPSA) is 37.8 Å². The van der Waals surface area contributed by atoms with Crippen LogP contribution in [0.3, 0.4) is 0 Å². The highest BCUT2D eigenvalue weighted by molar-refractivity contribution is 7.71. The van der Waals surface area contributed by atoms with Crippen LogP contribution < -0.4 is 5.56 Å². The second-order valence-electron chi connectivity index (χ2n) is 4.74. The van der Waals surface area contributed by atoms with Gasteiger partial charge >= 0.3 is 0 Å². The van der Waals surface area contributed by atoms with Gasteiger partial charge < -0.3 is 4.98 Å². The van der Waals surface area contributed by atoms with Crippen LogP contribution in [0.25, 0.3) is 10.9 Å². The Balaban J connectivity index is 2.27. The van der Waals surface area contributed by atoms with Crippen LogP contribution in [0.5, 0.6) is 0 Å². The molecule has 0 aliphatic carbocycles. The largest absolute Gasteiger partial charge is 0.332 e. The van der Waals surface area contributed by atoms with Crippen LogP contribution in [0.15, 0.2) is 59.4 Å². The van der Waals surface area contributed by atoms with Crippen molar-refractivity contribution >= 4 is 23.1 Å². The second kappa shape index (κ2) is 5.06. The van der Waals surface area contributed by atoms with E-state index in [0.717, 1.165) is 11.1 Å². The van der Waals surface area contributed by atoms with E-state index in [-0.39, 0.29) is 11.6 Å². The lowest BCUT2D eigenvalue weighted by Crippen LogP contribution is -2.25. The molecule has 0 radical (unpaired) electrons. The molecule has 0 aliphatic rings. The number of aromatic nitrogens is 2. The molecule has 3 rings (SSSR count). The van der Waals surface area contributed by atoms with E-state index in [2.05, 4.69) is 4.98 Å². The Labute approximate surface area is 121 Å². The van der Waals surface area contributed by atoms with Crippen molar-refractivity contribution in [1.29, 1.82) is 0 Å². The lowest BCUT2D eigenvalue weighted by molar-refractivity contribution is 0.600. The van der Waals surface area contributed by atoms with E-state index >= 15 is 0 Å². The van der Waals surface area contributed by atoms with E-state index in [9.17, 15) is 4.79 Å². The summed E-state index contributed by atoms with van der Waals surface area (Å²) >= 11 is 5.35. The molecule has 0 unspecified atom stereocenters. The van der Waals surface area contributed by atoms with Gasteiger partial charge in [-0.15, -0.1) is 0 Å². The number of para-hydroxylation sites is 1. The zero-order valence-corrected chi connectivity index (χ0v) is 11.9. The average Bonchev–Trinajstić information content (AvgIpc) is 2.48. The maximum Gasteiger partial charge on any atom is 0.262 e. The number of fused-ring (bicyclic) bond motifs is 1. The molecule has 0 spiro atoms. The van der Waals surface area contributed by atoms with Crippen LogP contribution in [0.2, 0.25) is 0 Å². The van der Waals surface area contributed by atoms with Gasteiger partial charge in [-0.25, -0.2) is 0 Å². The monoisotopic (exact) mass is 282 g/mol. The summed E-state index contributed by atoms with van der Waals surface area (Å²) in [7, 11) is 0. The molecule has 0 saturated carbocycles. The van der Waals surface area contributed by atoms with Crippen molar-refractivity contribution < 1.29 is 0 Å². The van der Waals surface area contributed by atoms with E-state index in [4.69, 9.17) is 12.2 Å². The Morgan fingerprint density at radius 2 is 1.70 bits per heavy atom. The molecular weight excluding hydrogens is 268 g/mol. The molecule has 0 saturated heterocycles. The third-order valence-electron chi connectivity index (χ3n) is 3.51. The number of nitrogens with one attached hydrogen (secondary N) is 1. The van der Waals surface area contributed by atoms with Crippen LogP contribution in [0.1, 0.15) is 18.5 Å². The van der Waals surface area contributed by atoms with Crippen LogP contribution in [-0.2, 0) is 0 Å². The molecule has 2 aromatic carbocycles. The normalized spacial score (nSPS) is 12.4. The highest BCUT2D eigenvalue weighted by Crippen LogP contribution is 2.17. The molecular formula is C16H14N2OS. The Bertz CT molecular complexity index is 865. The maximum atomic E-state index is 12.6. The molecule has 100 valence electrons. The van der Waals surface area contributed by atoms with Crippen molar-refractivity contribution in [2.24, 2.45) is 0 Å². The van der Waals surface area contributed by atoms with Gasteiger partial charge in [0.05, 0.1) is 16.9 Å². The molecule has 1 N–H and O–H groups in total. The fraction of sp³-hybridized carbons (Fsp3) is 0.125. The van der Waals surface area contributed by atoms with Crippen LogP contribution in [0.4, 0.5) is 0 Å². The summed E-state index contributed by atoms with van der Waals surface area (Å²) in [6.45, 7) is 1.98. The minimum atomic E-state index is -0.0999. The first-order valence-electron chi connectivity index (χ1n) is 6.47. The smallest absolute Gasteiger partial charge is 0.262 e. The second-order valence-corrected chi connectivity index (χ2v) is 5.12. The Hall–Kier alpha value is -2.20. The van der Waals surface area contributed by atoms with Gasteiger partial charge in [-0.05, 0) is 36.8 Å². The van der Waals surface area contributed by atoms with Gasteiger partial charge in [-0.3, -0.25) is 9.36 Å². The van der Waals surface area contributed by atoms with Crippen molar-refractivity contribution in [2.45, 2.75) is 13.0 Å². The average molecular weight is 282 g/mol. The molecule has 0 bridgehead atoms. The number of benzene rings is 2. The first-order valence-corrected chi connectivity index (χ1v) is 6.88. The molecule has 1 aromatic heterocycles. The highest BCUT2D eigenvalue weighted by Gasteiger charge is 2.12. The molecule has 3 aromatic rings. The first kappa shape index (κ1) is 12.8. The molecule has 1 heterocycles. The van der Waals surface area contributed by atoms with Crippen molar-refractivity contribution in [3.8, 4) is 0 Å². The highest BCUT2D eigenvalue weighted by atomic mass is 32.1. The fourth-order valence-corrected chi connectivity index (χ4v) is 2.76. The summed E-state index contributed by atoms with van der Waals surface area (Å²) in [4.78, 5) is 15.8. The zero-order chi connectivity index (χ0) is 14.1. The first-order chi connectivity index (χ1) is 9.68. The van der Waals surface area contributed by atoms with E-state index < -0.39 is 0 Å². The lowest BCUT2D eigenvalue weighted by Gasteiger charge is -2.16. The molecule has 20 heavy (non-hydrogen) atoms. The number of nitrogens with zero attached hydrogens (tertiary/aromatic N) is 1. The summed E-state index contributed by atoms with van der Waals surface area (Å²) in [6.07, 6.45) is 0. The number of H-pyrrole nitrogens is 1. The van der Waals surface area contributed by atoms with Crippen LogP contribution in [0, 0.1) is 4.77 Å². The number of hydrogen-bond acceptors (Lipinski definition) is 2. The minimum Gasteiger partial charge on any atom is -0.332 e. The summed E-state index contributed by atoms with van der Waals surface area (Å²) in [5.74, 6) is 0. The maximum absolute atomic E-state index is 12.6. The van der Waals surface area contributed by atoms with E-state index in [1.807, 2.05) is 61.5 Å². The summed E-state index contributed by atoms with van der Waals surface area (Å²) < 4.78 is 2.08. The zero-order valence-electron chi connectivity index (χ0n) is 11.0. The molecule has 0 fully saturated rings. The van der Waals surface area contributed by atoms with Gasteiger partial charge in [-0.2, -0.15) is 0 Å². The molecule has 0 amide bonds. The Morgan fingerprint density at radius 1 is 1.05 bits per heavy atom. The van der Waals surface area contributed by atoms with E-state index in [1.165, 1.54) is 0 Å². The third kappa shape index (κ3) is 2.08. The van der Waals surface area contributed by atoms with Crippen molar-refractivity contribution in [1.82, 2.24) is 9.55 Å². The molecule has 3 nitrogen and oxygen atoms in total. The van der Waals surface area contributed by atoms with Gasteiger partial charge in [0.2, 0.25) is 0 Å². The van der Waals surface area contributed by atoms with E-state index in [0.29, 0.717) is 10.2 Å². The van der Waals surface area contributed by atoms with Gasteiger partial charge in [0, 0.05) is 0 Å². The van der Waals surface area contributed by atoms with Crippen molar-refractivity contribution in [3.05, 3.63) is 75.3 Å². The third-order valence-corrected chi connectivity index (χ3v) is 3.80.